The van der Waals surface area contributed by atoms with Crippen molar-refractivity contribution in [2.24, 2.45) is 0 Å². The molecule has 3 aromatic rings. The van der Waals surface area contributed by atoms with Gasteiger partial charge in [-0.05, 0) is 36.1 Å². The molecule has 3 aromatic carbocycles. The summed E-state index contributed by atoms with van der Waals surface area (Å²) < 4.78 is 14.3. The molecule has 0 atom stereocenters. The maximum atomic E-state index is 14.3. The van der Waals surface area contributed by atoms with Crippen molar-refractivity contribution in [3.63, 3.8) is 0 Å². The molecule has 0 N–H and O–H groups in total. The number of hydrogen-bond acceptors (Lipinski definition) is 3. The first-order chi connectivity index (χ1) is 16.6. The van der Waals surface area contributed by atoms with E-state index in [1.165, 1.54) is 6.07 Å². The Hall–Kier alpha value is -3.12. The van der Waals surface area contributed by atoms with E-state index in [-0.39, 0.29) is 28.2 Å². The summed E-state index contributed by atoms with van der Waals surface area (Å²) in [5.74, 6) is -0.189. The summed E-state index contributed by atoms with van der Waals surface area (Å²) >= 11 is 1.76. The molecule has 5 rings (SSSR count). The minimum Gasteiger partial charge on any atom is -0.342 e. The van der Waals surface area contributed by atoms with Crippen LogP contribution in [-0.4, -0.2) is 51.9 Å². The number of benzene rings is 3. The van der Waals surface area contributed by atoms with Gasteiger partial charge in [0.2, 0.25) is 5.91 Å². The summed E-state index contributed by atoms with van der Waals surface area (Å²) in [6.45, 7) is 1.74. The first-order valence-electron chi connectivity index (χ1n) is 11.7. The Morgan fingerprint density at radius 1 is 0.794 bits per heavy atom. The third kappa shape index (κ3) is 4.23. The summed E-state index contributed by atoms with van der Waals surface area (Å²) in [5, 5.41) is 0. The van der Waals surface area contributed by atoms with Crippen LogP contribution in [0, 0.1) is 5.82 Å². The fourth-order valence-electron chi connectivity index (χ4n) is 5.12. The zero-order valence-electron chi connectivity index (χ0n) is 18.9. The van der Waals surface area contributed by atoms with E-state index in [2.05, 4.69) is 0 Å². The van der Waals surface area contributed by atoms with E-state index < -0.39 is 5.82 Å². The number of halogens is 1. The van der Waals surface area contributed by atoms with E-state index in [0.717, 1.165) is 16.9 Å². The van der Waals surface area contributed by atoms with Gasteiger partial charge in [0.25, 0.3) is 5.91 Å². The van der Waals surface area contributed by atoms with Crippen LogP contribution in [0.3, 0.4) is 0 Å². The number of carbonyl (C=O) groups excluding carboxylic acids is 2. The van der Waals surface area contributed by atoms with Crippen molar-refractivity contribution >= 4 is 23.6 Å². The van der Waals surface area contributed by atoms with Gasteiger partial charge in [0, 0.05) is 25.4 Å². The van der Waals surface area contributed by atoms with Crippen molar-refractivity contribution in [1.29, 1.82) is 0 Å². The van der Waals surface area contributed by atoms with Crippen LogP contribution in [-0.2, 0) is 4.79 Å². The number of thioether (sulfide) groups is 1. The molecule has 2 amide bonds. The average Bonchev–Trinajstić information content (AvgIpc) is 3.28. The second-order valence-corrected chi connectivity index (χ2v) is 10.3. The lowest BCUT2D eigenvalue weighted by Gasteiger charge is -2.44. The van der Waals surface area contributed by atoms with Gasteiger partial charge in [-0.15, -0.1) is 11.8 Å². The summed E-state index contributed by atoms with van der Waals surface area (Å²) in [5.41, 5.74) is 2.08. The molecule has 4 nitrogen and oxygen atoms in total. The Morgan fingerprint density at radius 2 is 1.35 bits per heavy atom. The predicted octanol–water partition coefficient (Wildman–Crippen LogP) is 5.17. The van der Waals surface area contributed by atoms with Crippen LogP contribution in [0.5, 0.6) is 0 Å². The molecule has 2 saturated heterocycles. The van der Waals surface area contributed by atoms with Crippen LogP contribution in [0.1, 0.15) is 40.2 Å². The van der Waals surface area contributed by atoms with E-state index in [1.807, 2.05) is 70.5 Å². The van der Waals surface area contributed by atoms with E-state index >= 15 is 0 Å². The lowest BCUT2D eigenvalue weighted by molar-refractivity contribution is -0.133. The zero-order chi connectivity index (χ0) is 23.5. The molecule has 2 heterocycles. The smallest absolute Gasteiger partial charge is 0.257 e. The van der Waals surface area contributed by atoms with Gasteiger partial charge in [0.1, 0.15) is 5.82 Å². The zero-order valence-corrected chi connectivity index (χ0v) is 19.7. The third-order valence-electron chi connectivity index (χ3n) is 6.90. The molecule has 0 aromatic heterocycles. The highest BCUT2D eigenvalue weighted by Crippen LogP contribution is 2.45. The number of rotatable bonds is 4. The van der Waals surface area contributed by atoms with Gasteiger partial charge in [-0.2, -0.15) is 0 Å². The van der Waals surface area contributed by atoms with Gasteiger partial charge in [-0.3, -0.25) is 9.59 Å². The van der Waals surface area contributed by atoms with E-state index in [4.69, 9.17) is 0 Å². The topological polar surface area (TPSA) is 40.6 Å². The Labute approximate surface area is 203 Å². The minimum atomic E-state index is -0.485. The van der Waals surface area contributed by atoms with Gasteiger partial charge in [0.15, 0.2) is 0 Å². The number of amides is 2. The Bertz CT molecular complexity index is 1120. The molecule has 0 unspecified atom stereocenters. The molecule has 0 bridgehead atoms. The van der Waals surface area contributed by atoms with Crippen molar-refractivity contribution in [2.45, 2.75) is 23.6 Å². The SMILES string of the molecule is O=C(C(c1ccccc1)c1ccccc1)N1CCC2(CC1)SCCN2C(=O)c1ccccc1F. The van der Waals surface area contributed by atoms with Crippen molar-refractivity contribution in [3.8, 4) is 0 Å². The first-order valence-corrected chi connectivity index (χ1v) is 12.7. The minimum absolute atomic E-state index is 0.0854. The van der Waals surface area contributed by atoms with Crippen molar-refractivity contribution < 1.29 is 14.0 Å². The predicted molar refractivity (Wildman–Crippen MR) is 133 cm³/mol. The Morgan fingerprint density at radius 3 is 1.94 bits per heavy atom. The molecule has 0 aliphatic carbocycles. The van der Waals surface area contributed by atoms with Crippen LogP contribution in [0.25, 0.3) is 0 Å². The summed E-state index contributed by atoms with van der Waals surface area (Å²) in [6.07, 6.45) is 1.36. The standard InChI is InChI=1S/C28H27FN2O2S/c29-24-14-8-7-13-23(24)26(32)31-19-20-34-28(31)15-17-30(18-16-28)27(33)25(21-9-3-1-4-10-21)22-11-5-2-6-12-22/h1-14,25H,15-20H2. The normalized spacial score (nSPS) is 17.4. The molecule has 0 saturated carbocycles. The molecule has 34 heavy (non-hydrogen) atoms. The number of piperidine rings is 1. The van der Waals surface area contributed by atoms with Gasteiger partial charge in [-0.1, -0.05) is 72.8 Å². The highest BCUT2D eigenvalue weighted by Gasteiger charge is 2.48. The fourth-order valence-corrected chi connectivity index (χ4v) is 6.57. The number of hydrogen-bond donors (Lipinski definition) is 0. The van der Waals surface area contributed by atoms with Crippen LogP contribution in [0.4, 0.5) is 4.39 Å². The summed E-state index contributed by atoms with van der Waals surface area (Å²) in [6, 6.07) is 26.0. The largest absolute Gasteiger partial charge is 0.342 e. The second kappa shape index (κ2) is 9.63. The highest BCUT2D eigenvalue weighted by atomic mass is 32.2. The monoisotopic (exact) mass is 474 g/mol. The van der Waals surface area contributed by atoms with Crippen molar-refractivity contribution in [3.05, 3.63) is 107 Å². The molecule has 6 heteroatoms. The average molecular weight is 475 g/mol. The van der Waals surface area contributed by atoms with Crippen LogP contribution < -0.4 is 0 Å². The van der Waals surface area contributed by atoms with E-state index in [0.29, 0.717) is 32.5 Å². The quantitative estimate of drug-likeness (QED) is 0.524. The van der Waals surface area contributed by atoms with E-state index in [1.54, 1.807) is 30.0 Å². The lowest BCUT2D eigenvalue weighted by atomic mass is 9.89. The van der Waals surface area contributed by atoms with Crippen molar-refractivity contribution in [1.82, 2.24) is 9.80 Å². The van der Waals surface area contributed by atoms with Crippen molar-refractivity contribution in [2.75, 3.05) is 25.4 Å². The van der Waals surface area contributed by atoms with Gasteiger partial charge in [-0.25, -0.2) is 4.39 Å². The van der Waals surface area contributed by atoms with Crippen LogP contribution >= 0.6 is 11.8 Å². The Kier molecular flexibility index (Phi) is 6.42. The summed E-state index contributed by atoms with van der Waals surface area (Å²) in [4.78, 5) is 30.4. The molecule has 2 aliphatic heterocycles. The van der Waals surface area contributed by atoms with Gasteiger partial charge in [0.05, 0.1) is 16.4 Å². The third-order valence-corrected chi connectivity index (χ3v) is 8.45. The number of nitrogens with zero attached hydrogens (tertiary/aromatic N) is 2. The van der Waals surface area contributed by atoms with Crippen LogP contribution in [0.2, 0.25) is 0 Å². The number of likely N-dealkylation sites (tertiary alicyclic amines) is 1. The molecular formula is C28H27FN2O2S. The maximum absolute atomic E-state index is 14.3. The van der Waals surface area contributed by atoms with Gasteiger partial charge >= 0.3 is 0 Å². The molecule has 2 aliphatic rings. The molecule has 174 valence electrons. The fraction of sp³-hybridized carbons (Fsp3) is 0.286. The molecule has 2 fully saturated rings. The lowest BCUT2D eigenvalue weighted by Crippen LogP contribution is -2.54. The molecule has 0 radical (unpaired) electrons. The number of carbonyl (C=O) groups is 2. The Balaban J connectivity index is 1.35. The van der Waals surface area contributed by atoms with Crippen LogP contribution in [0.15, 0.2) is 84.9 Å². The first kappa shape index (κ1) is 22.7. The second-order valence-electron chi connectivity index (χ2n) is 8.81. The maximum Gasteiger partial charge on any atom is 0.257 e. The molecular weight excluding hydrogens is 447 g/mol. The van der Waals surface area contributed by atoms with E-state index in [9.17, 15) is 14.0 Å². The summed E-state index contributed by atoms with van der Waals surface area (Å²) in [7, 11) is 0. The molecule has 1 spiro atoms. The van der Waals surface area contributed by atoms with Gasteiger partial charge < -0.3 is 9.80 Å². The highest BCUT2D eigenvalue weighted by molar-refractivity contribution is 8.00.